The molecule has 0 saturated carbocycles. The summed E-state index contributed by atoms with van der Waals surface area (Å²) >= 11 is 0. The third-order valence-corrected chi connectivity index (χ3v) is 3.51. The first kappa shape index (κ1) is 20.1. The molecule has 0 bridgehead atoms. The molecule has 0 radical (unpaired) electrons. The fourth-order valence-corrected chi connectivity index (χ4v) is 2.47. The fraction of sp³-hybridized carbons (Fsp3) is 0.375. The maximum atomic E-state index is 13.2. The van der Waals surface area contributed by atoms with Gasteiger partial charge < -0.3 is 15.5 Å². The Morgan fingerprint density at radius 2 is 2.04 bits per heavy atom. The number of carbonyl (C=O) groups excluding carboxylic acids is 2. The van der Waals surface area contributed by atoms with Crippen LogP contribution in [0.5, 0.6) is 0 Å². The molecular formula is C16H20ClF2N3O2. The highest BCUT2D eigenvalue weighted by Crippen LogP contribution is 2.13. The Balaban J connectivity index is 0.00000288. The number of piperazine rings is 1. The van der Waals surface area contributed by atoms with E-state index in [0.29, 0.717) is 25.2 Å². The van der Waals surface area contributed by atoms with Crippen LogP contribution in [0.3, 0.4) is 0 Å². The van der Waals surface area contributed by atoms with E-state index in [1.165, 1.54) is 17.0 Å². The largest absolute Gasteiger partial charge is 0.353 e. The second-order valence-electron chi connectivity index (χ2n) is 5.34. The van der Waals surface area contributed by atoms with E-state index in [-0.39, 0.29) is 37.2 Å². The van der Waals surface area contributed by atoms with Gasteiger partial charge >= 0.3 is 0 Å². The second kappa shape index (κ2) is 9.34. The molecule has 1 unspecified atom stereocenters. The van der Waals surface area contributed by atoms with Crippen LogP contribution in [0, 0.1) is 11.6 Å². The van der Waals surface area contributed by atoms with E-state index < -0.39 is 17.7 Å². The van der Waals surface area contributed by atoms with Crippen LogP contribution in [0.1, 0.15) is 12.0 Å². The van der Waals surface area contributed by atoms with Gasteiger partial charge in [-0.05, 0) is 17.7 Å². The molecular weight excluding hydrogens is 340 g/mol. The van der Waals surface area contributed by atoms with Crippen molar-refractivity contribution < 1.29 is 18.4 Å². The van der Waals surface area contributed by atoms with E-state index in [2.05, 4.69) is 17.2 Å². The van der Waals surface area contributed by atoms with E-state index in [0.717, 1.165) is 6.07 Å². The van der Waals surface area contributed by atoms with Gasteiger partial charge in [0, 0.05) is 32.2 Å². The van der Waals surface area contributed by atoms with Crippen molar-refractivity contribution in [2.45, 2.75) is 19.0 Å². The number of rotatable bonds is 6. The summed E-state index contributed by atoms with van der Waals surface area (Å²) in [5.41, 5.74) is 0.382. The maximum absolute atomic E-state index is 13.2. The lowest BCUT2D eigenvalue weighted by Gasteiger charge is -2.33. The van der Waals surface area contributed by atoms with Crippen molar-refractivity contribution in [3.05, 3.63) is 48.1 Å². The molecule has 1 saturated heterocycles. The molecule has 0 aliphatic carbocycles. The Bertz CT molecular complexity index is 593. The number of halogens is 3. The van der Waals surface area contributed by atoms with E-state index in [9.17, 15) is 18.4 Å². The van der Waals surface area contributed by atoms with E-state index in [1.807, 2.05) is 0 Å². The highest BCUT2D eigenvalue weighted by molar-refractivity contribution is 5.89. The molecule has 2 rings (SSSR count). The van der Waals surface area contributed by atoms with Gasteiger partial charge in [0.1, 0.15) is 11.6 Å². The van der Waals surface area contributed by atoms with Gasteiger partial charge in [0.05, 0.1) is 12.5 Å². The molecule has 1 aliphatic rings. The molecule has 1 atom stereocenters. The zero-order valence-corrected chi connectivity index (χ0v) is 13.9. The van der Waals surface area contributed by atoms with Crippen molar-refractivity contribution in [2.75, 3.05) is 19.6 Å². The quantitative estimate of drug-likeness (QED) is 0.754. The Morgan fingerprint density at radius 3 is 2.67 bits per heavy atom. The lowest BCUT2D eigenvalue weighted by atomic mass is 10.1. The Kier molecular flexibility index (Phi) is 7.81. The van der Waals surface area contributed by atoms with Crippen LogP contribution in [0.2, 0.25) is 0 Å². The maximum Gasteiger partial charge on any atom is 0.240 e. The SMILES string of the molecule is C=CCNC(=O)CC1NCCN(Cc2cc(F)cc(F)c2)C1=O.Cl. The number of hydrogen-bond donors (Lipinski definition) is 2. The molecule has 1 fully saturated rings. The number of carbonyl (C=O) groups is 2. The first-order chi connectivity index (χ1) is 11.0. The minimum absolute atomic E-state index is 0. The monoisotopic (exact) mass is 359 g/mol. The molecule has 0 spiro atoms. The van der Waals surface area contributed by atoms with Crippen molar-refractivity contribution in [1.29, 1.82) is 0 Å². The molecule has 5 nitrogen and oxygen atoms in total. The van der Waals surface area contributed by atoms with Gasteiger partial charge in [-0.25, -0.2) is 8.78 Å². The van der Waals surface area contributed by atoms with Crippen LogP contribution >= 0.6 is 12.4 Å². The van der Waals surface area contributed by atoms with E-state index >= 15 is 0 Å². The van der Waals surface area contributed by atoms with Crippen LogP contribution in [0.15, 0.2) is 30.9 Å². The number of hydrogen-bond acceptors (Lipinski definition) is 3. The minimum atomic E-state index is -0.678. The Morgan fingerprint density at radius 1 is 1.38 bits per heavy atom. The predicted octanol–water partition coefficient (Wildman–Crippen LogP) is 1.38. The van der Waals surface area contributed by atoms with E-state index in [4.69, 9.17) is 0 Å². The molecule has 1 aromatic rings. The highest BCUT2D eigenvalue weighted by atomic mass is 35.5. The molecule has 2 amide bonds. The van der Waals surface area contributed by atoms with Crippen LogP contribution in [-0.4, -0.2) is 42.4 Å². The van der Waals surface area contributed by atoms with E-state index in [1.54, 1.807) is 6.08 Å². The number of nitrogens with one attached hydrogen (secondary N) is 2. The summed E-state index contributed by atoms with van der Waals surface area (Å²) in [6, 6.07) is 2.55. The summed E-state index contributed by atoms with van der Waals surface area (Å²) in [5.74, 6) is -1.87. The van der Waals surface area contributed by atoms with Gasteiger partial charge in [0.15, 0.2) is 0 Å². The lowest BCUT2D eigenvalue weighted by Crippen LogP contribution is -2.55. The lowest BCUT2D eigenvalue weighted by molar-refractivity contribution is -0.138. The number of nitrogens with zero attached hydrogens (tertiary/aromatic N) is 1. The van der Waals surface area contributed by atoms with Crippen LogP contribution in [0.25, 0.3) is 0 Å². The van der Waals surface area contributed by atoms with Crippen molar-refractivity contribution >= 4 is 24.2 Å². The van der Waals surface area contributed by atoms with Crippen molar-refractivity contribution in [3.63, 3.8) is 0 Å². The predicted molar refractivity (Wildman–Crippen MR) is 88.6 cm³/mol. The summed E-state index contributed by atoms with van der Waals surface area (Å²) in [6.07, 6.45) is 1.57. The smallest absolute Gasteiger partial charge is 0.240 e. The normalized spacial score (nSPS) is 17.2. The third kappa shape index (κ3) is 5.58. The first-order valence-electron chi connectivity index (χ1n) is 7.34. The van der Waals surface area contributed by atoms with Crippen molar-refractivity contribution in [1.82, 2.24) is 15.5 Å². The minimum Gasteiger partial charge on any atom is -0.353 e. The topological polar surface area (TPSA) is 61.4 Å². The van der Waals surface area contributed by atoms with Gasteiger partial charge in [-0.2, -0.15) is 0 Å². The third-order valence-electron chi connectivity index (χ3n) is 3.51. The average Bonchev–Trinajstić information content (AvgIpc) is 2.48. The molecule has 1 heterocycles. The summed E-state index contributed by atoms with van der Waals surface area (Å²) in [5, 5.41) is 5.60. The molecule has 1 aliphatic heterocycles. The molecule has 24 heavy (non-hydrogen) atoms. The molecule has 132 valence electrons. The summed E-state index contributed by atoms with van der Waals surface area (Å²) in [6.45, 7) is 4.89. The van der Waals surface area contributed by atoms with Crippen molar-refractivity contribution in [3.8, 4) is 0 Å². The first-order valence-corrected chi connectivity index (χ1v) is 7.34. The average molecular weight is 360 g/mol. The number of benzene rings is 1. The van der Waals surface area contributed by atoms with Crippen LogP contribution in [0.4, 0.5) is 8.78 Å². The standard InChI is InChI=1S/C16H19F2N3O2.ClH/c1-2-3-20-15(22)9-14-16(23)21(5-4-19-14)10-11-6-12(17)8-13(18)7-11;/h2,6-8,14,19H,1,3-5,9-10H2,(H,20,22);1H. The van der Waals surface area contributed by atoms with Crippen molar-refractivity contribution in [2.24, 2.45) is 0 Å². The molecule has 2 N–H and O–H groups in total. The Labute approximate surface area is 145 Å². The number of amides is 2. The van der Waals surface area contributed by atoms with Crippen LogP contribution in [-0.2, 0) is 16.1 Å². The summed E-state index contributed by atoms with van der Waals surface area (Å²) < 4.78 is 26.5. The molecule has 8 heteroatoms. The summed E-state index contributed by atoms with van der Waals surface area (Å²) in [4.78, 5) is 25.6. The fourth-order valence-electron chi connectivity index (χ4n) is 2.47. The zero-order chi connectivity index (χ0) is 16.8. The Hall–Kier alpha value is -1.99. The van der Waals surface area contributed by atoms with Crippen LogP contribution < -0.4 is 10.6 Å². The van der Waals surface area contributed by atoms with Gasteiger partial charge in [0.2, 0.25) is 11.8 Å². The molecule has 1 aromatic carbocycles. The molecule has 0 aromatic heterocycles. The zero-order valence-electron chi connectivity index (χ0n) is 13.1. The highest BCUT2D eigenvalue weighted by Gasteiger charge is 2.30. The second-order valence-corrected chi connectivity index (χ2v) is 5.34. The van der Waals surface area contributed by atoms with Gasteiger partial charge in [-0.1, -0.05) is 6.08 Å². The van der Waals surface area contributed by atoms with Gasteiger partial charge in [-0.15, -0.1) is 19.0 Å². The summed E-state index contributed by atoms with van der Waals surface area (Å²) in [7, 11) is 0. The van der Waals surface area contributed by atoms with Gasteiger partial charge in [-0.3, -0.25) is 9.59 Å². The van der Waals surface area contributed by atoms with Gasteiger partial charge in [0.25, 0.3) is 0 Å².